The molecule has 4 nitrogen and oxygen atoms in total. The van der Waals surface area contributed by atoms with Crippen LogP contribution in [0.3, 0.4) is 0 Å². The van der Waals surface area contributed by atoms with E-state index in [9.17, 15) is 4.39 Å². The van der Waals surface area contributed by atoms with Gasteiger partial charge in [0.2, 0.25) is 5.95 Å². The average Bonchev–Trinajstić information content (AvgIpc) is 2.82. The van der Waals surface area contributed by atoms with E-state index in [1.54, 1.807) is 6.07 Å². The lowest BCUT2D eigenvalue weighted by Crippen LogP contribution is -2.31. The Morgan fingerprint density at radius 1 is 1.44 bits per heavy atom. The van der Waals surface area contributed by atoms with Gasteiger partial charge in [-0.2, -0.15) is 4.98 Å². The zero-order valence-corrected chi connectivity index (χ0v) is 10.7. The molecule has 1 saturated carbocycles. The van der Waals surface area contributed by atoms with Crippen molar-refractivity contribution in [3.63, 3.8) is 0 Å². The summed E-state index contributed by atoms with van der Waals surface area (Å²) in [7, 11) is 0. The minimum atomic E-state index is -0.305. The molecule has 1 atom stereocenters. The first-order chi connectivity index (χ1) is 8.54. The van der Waals surface area contributed by atoms with Crippen LogP contribution < -0.4 is 5.32 Å². The van der Waals surface area contributed by atoms with Crippen LogP contribution in [-0.2, 0) is 0 Å². The van der Waals surface area contributed by atoms with E-state index in [0.29, 0.717) is 17.6 Å². The fourth-order valence-electron chi connectivity index (χ4n) is 2.67. The van der Waals surface area contributed by atoms with Crippen LogP contribution in [0.15, 0.2) is 18.3 Å². The second kappa shape index (κ2) is 3.93. The Morgan fingerprint density at radius 3 is 3.00 bits per heavy atom. The average molecular weight is 248 g/mol. The third-order valence-corrected chi connectivity index (χ3v) is 3.86. The van der Waals surface area contributed by atoms with Crippen molar-refractivity contribution < 1.29 is 4.39 Å². The highest BCUT2D eigenvalue weighted by molar-refractivity contribution is 5.43. The minimum Gasteiger partial charge on any atom is -0.350 e. The molecular formula is C13H17FN4. The summed E-state index contributed by atoms with van der Waals surface area (Å²) < 4.78 is 14.5. The number of halogens is 1. The number of rotatable bonds is 2. The zero-order valence-electron chi connectivity index (χ0n) is 10.7. The highest BCUT2D eigenvalue weighted by Gasteiger charge is 2.34. The van der Waals surface area contributed by atoms with Gasteiger partial charge >= 0.3 is 0 Å². The Labute approximate surface area is 105 Å². The van der Waals surface area contributed by atoms with Gasteiger partial charge in [0.15, 0.2) is 5.65 Å². The quantitative estimate of drug-likeness (QED) is 0.888. The molecule has 2 aromatic heterocycles. The van der Waals surface area contributed by atoms with Crippen molar-refractivity contribution in [2.45, 2.75) is 39.2 Å². The van der Waals surface area contributed by atoms with E-state index in [2.05, 4.69) is 29.2 Å². The lowest BCUT2D eigenvalue weighted by molar-refractivity contribution is 0.349. The molecule has 96 valence electrons. The molecule has 2 heterocycles. The Morgan fingerprint density at radius 2 is 2.28 bits per heavy atom. The first-order valence-corrected chi connectivity index (χ1v) is 6.33. The number of pyridine rings is 1. The zero-order chi connectivity index (χ0) is 12.8. The second-order valence-electron chi connectivity index (χ2n) is 5.66. The minimum absolute atomic E-state index is 0.267. The van der Waals surface area contributed by atoms with Crippen LogP contribution in [0.4, 0.5) is 10.3 Å². The van der Waals surface area contributed by atoms with Crippen molar-refractivity contribution in [2.24, 2.45) is 5.41 Å². The molecule has 0 saturated heterocycles. The van der Waals surface area contributed by atoms with Crippen LogP contribution in [-0.4, -0.2) is 20.6 Å². The van der Waals surface area contributed by atoms with E-state index in [0.717, 1.165) is 6.42 Å². The molecule has 0 amide bonds. The Balaban J connectivity index is 1.87. The molecule has 1 aliphatic rings. The maximum atomic E-state index is 13.1. The highest BCUT2D eigenvalue weighted by atomic mass is 19.1. The molecule has 1 unspecified atom stereocenters. The number of nitrogens with zero attached hydrogens (tertiary/aromatic N) is 3. The molecule has 1 N–H and O–H groups in total. The molecule has 0 aromatic carbocycles. The van der Waals surface area contributed by atoms with Gasteiger partial charge in [-0.1, -0.05) is 20.3 Å². The predicted molar refractivity (Wildman–Crippen MR) is 68.0 cm³/mol. The first-order valence-electron chi connectivity index (χ1n) is 6.33. The summed E-state index contributed by atoms with van der Waals surface area (Å²) in [4.78, 5) is 4.36. The van der Waals surface area contributed by atoms with Crippen LogP contribution in [0.2, 0.25) is 0 Å². The molecule has 2 aromatic rings. The van der Waals surface area contributed by atoms with Gasteiger partial charge in [-0.05, 0) is 30.4 Å². The fourth-order valence-corrected chi connectivity index (χ4v) is 2.67. The third kappa shape index (κ3) is 1.94. The van der Waals surface area contributed by atoms with Gasteiger partial charge in [0.25, 0.3) is 0 Å². The number of hydrogen-bond donors (Lipinski definition) is 1. The number of anilines is 1. The summed E-state index contributed by atoms with van der Waals surface area (Å²) >= 11 is 0. The smallest absolute Gasteiger partial charge is 0.243 e. The van der Waals surface area contributed by atoms with Crippen LogP contribution in [0.1, 0.15) is 33.1 Å². The predicted octanol–water partition coefficient (Wildman–Crippen LogP) is 2.86. The maximum absolute atomic E-state index is 13.1. The molecule has 5 heteroatoms. The Kier molecular flexibility index (Phi) is 2.50. The topological polar surface area (TPSA) is 42.2 Å². The lowest BCUT2D eigenvalue weighted by atomic mass is 9.87. The summed E-state index contributed by atoms with van der Waals surface area (Å²) in [5.74, 6) is 0.278. The molecule has 0 radical (unpaired) electrons. The summed E-state index contributed by atoms with van der Waals surface area (Å²) in [6.07, 6.45) is 4.92. The normalized spacial score (nSPS) is 22.5. The summed E-state index contributed by atoms with van der Waals surface area (Å²) in [6, 6.07) is 3.42. The van der Waals surface area contributed by atoms with Crippen molar-refractivity contribution in [1.29, 1.82) is 0 Å². The van der Waals surface area contributed by atoms with Crippen LogP contribution in [0.5, 0.6) is 0 Å². The highest BCUT2D eigenvalue weighted by Crippen LogP contribution is 2.38. The van der Waals surface area contributed by atoms with Gasteiger partial charge in [-0.15, -0.1) is 5.10 Å². The van der Waals surface area contributed by atoms with Crippen molar-refractivity contribution in [3.8, 4) is 0 Å². The molecule has 1 fully saturated rings. The number of nitrogens with one attached hydrogen (secondary N) is 1. The van der Waals surface area contributed by atoms with Gasteiger partial charge in [0.05, 0.1) is 6.20 Å². The Bertz CT molecular complexity index is 575. The van der Waals surface area contributed by atoms with Crippen LogP contribution in [0.25, 0.3) is 5.65 Å². The van der Waals surface area contributed by atoms with E-state index in [1.165, 1.54) is 29.6 Å². The first kappa shape index (κ1) is 11.4. The van der Waals surface area contributed by atoms with Gasteiger partial charge in [0.1, 0.15) is 5.82 Å². The summed E-state index contributed by atoms with van der Waals surface area (Å²) in [5.41, 5.74) is 0.928. The molecule has 3 rings (SSSR count). The largest absolute Gasteiger partial charge is 0.350 e. The molecule has 0 bridgehead atoms. The Hall–Kier alpha value is -1.65. The van der Waals surface area contributed by atoms with Gasteiger partial charge in [-0.3, -0.25) is 0 Å². The second-order valence-corrected chi connectivity index (χ2v) is 5.66. The third-order valence-electron chi connectivity index (χ3n) is 3.86. The van der Waals surface area contributed by atoms with Crippen molar-refractivity contribution in [1.82, 2.24) is 14.6 Å². The molecular weight excluding hydrogens is 231 g/mol. The number of aromatic nitrogens is 3. The van der Waals surface area contributed by atoms with Gasteiger partial charge in [0, 0.05) is 6.04 Å². The molecule has 1 aliphatic carbocycles. The van der Waals surface area contributed by atoms with Crippen molar-refractivity contribution in [2.75, 3.05) is 5.32 Å². The van der Waals surface area contributed by atoms with Crippen LogP contribution >= 0.6 is 0 Å². The van der Waals surface area contributed by atoms with Gasteiger partial charge < -0.3 is 5.32 Å². The summed E-state index contributed by atoms with van der Waals surface area (Å²) in [5, 5.41) is 7.63. The SMILES string of the molecule is CC1(C)CCCC1Nc1nc2ccc(F)cn2n1. The lowest BCUT2D eigenvalue weighted by Gasteiger charge is -2.27. The number of fused-ring (bicyclic) bond motifs is 1. The van der Waals surface area contributed by atoms with E-state index in [1.807, 2.05) is 0 Å². The standard InChI is InChI=1S/C13H17FN4/c1-13(2)7-3-4-10(13)15-12-16-11-6-5-9(14)8-18(11)17-12/h5-6,8,10H,3-4,7H2,1-2H3,(H,15,17). The van der Waals surface area contributed by atoms with Crippen LogP contribution in [0, 0.1) is 11.2 Å². The van der Waals surface area contributed by atoms with E-state index < -0.39 is 0 Å². The van der Waals surface area contributed by atoms with Crippen molar-refractivity contribution >= 4 is 11.6 Å². The molecule has 18 heavy (non-hydrogen) atoms. The van der Waals surface area contributed by atoms with E-state index >= 15 is 0 Å². The molecule has 0 spiro atoms. The molecule has 0 aliphatic heterocycles. The fraction of sp³-hybridized carbons (Fsp3) is 0.538. The maximum Gasteiger partial charge on any atom is 0.243 e. The van der Waals surface area contributed by atoms with Gasteiger partial charge in [-0.25, -0.2) is 8.91 Å². The number of hydrogen-bond acceptors (Lipinski definition) is 3. The van der Waals surface area contributed by atoms with E-state index in [-0.39, 0.29) is 11.2 Å². The monoisotopic (exact) mass is 248 g/mol. The van der Waals surface area contributed by atoms with Crippen molar-refractivity contribution in [3.05, 3.63) is 24.1 Å². The summed E-state index contributed by atoms with van der Waals surface area (Å²) in [6.45, 7) is 4.51. The van der Waals surface area contributed by atoms with E-state index in [4.69, 9.17) is 0 Å².